The quantitative estimate of drug-likeness (QED) is 0.831. The van der Waals surface area contributed by atoms with Crippen LogP contribution in [0, 0.1) is 0 Å². The van der Waals surface area contributed by atoms with Gasteiger partial charge in [-0.05, 0) is 33.1 Å². The van der Waals surface area contributed by atoms with E-state index >= 15 is 0 Å². The lowest BCUT2D eigenvalue weighted by Crippen LogP contribution is -2.34. The minimum absolute atomic E-state index is 0.137. The molecule has 0 spiro atoms. The van der Waals surface area contributed by atoms with Crippen molar-refractivity contribution >= 4 is 11.6 Å². The summed E-state index contributed by atoms with van der Waals surface area (Å²) in [5.74, 6) is -0.137. The summed E-state index contributed by atoms with van der Waals surface area (Å²) in [7, 11) is 0. The van der Waals surface area contributed by atoms with Crippen LogP contribution in [0.2, 0.25) is 0 Å². The van der Waals surface area contributed by atoms with E-state index in [4.69, 9.17) is 5.73 Å². The Bertz CT molecular complexity index is 467. The molecule has 0 bridgehead atoms. The van der Waals surface area contributed by atoms with Crippen molar-refractivity contribution in [2.24, 2.45) is 0 Å². The Balaban J connectivity index is 2.12. The molecule has 6 heteroatoms. The van der Waals surface area contributed by atoms with E-state index in [2.05, 4.69) is 5.10 Å². The molecule has 0 aromatic carbocycles. The first-order valence-electron chi connectivity index (χ1n) is 6.77. The maximum absolute atomic E-state index is 12.4. The van der Waals surface area contributed by atoms with E-state index in [1.54, 1.807) is 15.8 Å². The predicted octanol–water partition coefficient (Wildman–Crippen LogP) is 0.862. The number of rotatable bonds is 2. The van der Waals surface area contributed by atoms with Crippen molar-refractivity contribution in [1.82, 2.24) is 14.7 Å². The Morgan fingerprint density at radius 1 is 1.53 bits per heavy atom. The van der Waals surface area contributed by atoms with Crippen LogP contribution in [0.25, 0.3) is 0 Å². The number of aryl methyl sites for hydroxylation is 1. The van der Waals surface area contributed by atoms with Gasteiger partial charge in [0.05, 0.1) is 11.3 Å². The molecule has 1 fully saturated rings. The number of likely N-dealkylation sites (tertiary alicyclic amines) is 1. The Hall–Kier alpha value is -1.56. The molecule has 1 atom stereocenters. The molecule has 2 rings (SSSR count). The molecule has 0 saturated carbocycles. The average Bonchev–Trinajstić information content (AvgIpc) is 2.63. The maximum Gasteiger partial charge on any atom is 0.276 e. The van der Waals surface area contributed by atoms with Gasteiger partial charge in [0.2, 0.25) is 0 Å². The van der Waals surface area contributed by atoms with Crippen LogP contribution < -0.4 is 5.73 Å². The normalized spacial score (nSPS) is 24.3. The number of carbonyl (C=O) groups is 1. The van der Waals surface area contributed by atoms with Crippen molar-refractivity contribution in [3.8, 4) is 0 Å². The summed E-state index contributed by atoms with van der Waals surface area (Å²) in [5.41, 5.74) is 5.90. The molecule has 1 aromatic heterocycles. The number of nitrogens with two attached hydrogens (primary N) is 1. The van der Waals surface area contributed by atoms with Gasteiger partial charge in [0, 0.05) is 25.8 Å². The first-order valence-corrected chi connectivity index (χ1v) is 6.77. The lowest BCUT2D eigenvalue weighted by atomic mass is 9.98. The van der Waals surface area contributed by atoms with Crippen LogP contribution in [0.5, 0.6) is 0 Å². The second kappa shape index (κ2) is 5.21. The lowest BCUT2D eigenvalue weighted by molar-refractivity contribution is 0.0437. The number of nitrogen functional groups attached to an aromatic ring is 1. The monoisotopic (exact) mass is 266 g/mol. The number of aliphatic hydroxyl groups is 1. The summed E-state index contributed by atoms with van der Waals surface area (Å²) in [6.07, 6.45) is 3.79. The zero-order chi connectivity index (χ0) is 14.0. The fourth-order valence-corrected chi connectivity index (χ4v) is 2.38. The number of anilines is 1. The highest BCUT2D eigenvalue weighted by Gasteiger charge is 2.29. The number of hydrogen-bond donors (Lipinski definition) is 2. The fraction of sp³-hybridized carbons (Fsp3) is 0.692. The van der Waals surface area contributed by atoms with E-state index in [0.717, 1.165) is 12.8 Å². The van der Waals surface area contributed by atoms with Gasteiger partial charge in [-0.25, -0.2) is 0 Å². The van der Waals surface area contributed by atoms with Gasteiger partial charge in [0.1, 0.15) is 0 Å². The van der Waals surface area contributed by atoms with E-state index in [0.29, 0.717) is 37.4 Å². The molecule has 3 N–H and O–H groups in total. The summed E-state index contributed by atoms with van der Waals surface area (Å²) in [4.78, 5) is 14.1. The van der Waals surface area contributed by atoms with Crippen molar-refractivity contribution in [3.05, 3.63) is 11.9 Å². The first-order chi connectivity index (χ1) is 8.93. The highest BCUT2D eigenvalue weighted by molar-refractivity contribution is 5.97. The molecule has 1 saturated heterocycles. The molecule has 0 aliphatic carbocycles. The molecule has 1 aromatic rings. The third-order valence-electron chi connectivity index (χ3n) is 3.67. The average molecular weight is 266 g/mol. The van der Waals surface area contributed by atoms with E-state index in [1.807, 2.05) is 13.8 Å². The van der Waals surface area contributed by atoms with Crippen LogP contribution in [-0.4, -0.2) is 44.4 Å². The Morgan fingerprint density at radius 2 is 2.26 bits per heavy atom. The number of hydrogen-bond acceptors (Lipinski definition) is 4. The van der Waals surface area contributed by atoms with Gasteiger partial charge in [-0.15, -0.1) is 0 Å². The standard InChI is InChI=1S/C13H22N4O2/c1-3-17-9-10(14)11(15-17)12(18)16-7-4-5-13(2,19)6-8-16/h9,19H,3-8,14H2,1-2H3. The topological polar surface area (TPSA) is 84.4 Å². The number of carbonyl (C=O) groups excluding carboxylic acids is 1. The second-order valence-corrected chi connectivity index (χ2v) is 5.43. The highest BCUT2D eigenvalue weighted by atomic mass is 16.3. The molecular formula is C13H22N4O2. The summed E-state index contributed by atoms with van der Waals surface area (Å²) >= 11 is 0. The minimum atomic E-state index is -0.677. The molecule has 1 aliphatic rings. The zero-order valence-electron chi connectivity index (χ0n) is 11.6. The van der Waals surface area contributed by atoms with E-state index < -0.39 is 5.60 Å². The van der Waals surface area contributed by atoms with Crippen LogP contribution >= 0.6 is 0 Å². The zero-order valence-corrected chi connectivity index (χ0v) is 11.6. The van der Waals surface area contributed by atoms with Gasteiger partial charge in [-0.1, -0.05) is 0 Å². The third-order valence-corrected chi connectivity index (χ3v) is 3.67. The number of nitrogens with zero attached hydrogens (tertiary/aromatic N) is 3. The van der Waals surface area contributed by atoms with E-state index in [9.17, 15) is 9.90 Å². The van der Waals surface area contributed by atoms with Crippen LogP contribution in [0.15, 0.2) is 6.20 Å². The number of aromatic nitrogens is 2. The van der Waals surface area contributed by atoms with Crippen molar-refractivity contribution < 1.29 is 9.90 Å². The van der Waals surface area contributed by atoms with Crippen molar-refractivity contribution in [1.29, 1.82) is 0 Å². The van der Waals surface area contributed by atoms with Crippen LogP contribution in [0.4, 0.5) is 5.69 Å². The Labute approximate surface area is 113 Å². The first kappa shape index (κ1) is 13.9. The number of amides is 1. The van der Waals surface area contributed by atoms with E-state index in [1.165, 1.54) is 0 Å². The SMILES string of the molecule is CCn1cc(N)c(C(=O)N2CCCC(C)(O)CC2)n1. The summed E-state index contributed by atoms with van der Waals surface area (Å²) < 4.78 is 1.66. The molecule has 6 nitrogen and oxygen atoms in total. The second-order valence-electron chi connectivity index (χ2n) is 5.43. The lowest BCUT2D eigenvalue weighted by Gasteiger charge is -2.22. The molecule has 1 aliphatic heterocycles. The molecule has 1 amide bonds. The van der Waals surface area contributed by atoms with Gasteiger partial charge < -0.3 is 15.7 Å². The Morgan fingerprint density at radius 3 is 2.89 bits per heavy atom. The molecule has 1 unspecified atom stereocenters. The van der Waals surface area contributed by atoms with Crippen molar-refractivity contribution in [2.75, 3.05) is 18.8 Å². The molecular weight excluding hydrogens is 244 g/mol. The van der Waals surface area contributed by atoms with Crippen LogP contribution in [0.1, 0.15) is 43.6 Å². The highest BCUT2D eigenvalue weighted by Crippen LogP contribution is 2.23. The van der Waals surface area contributed by atoms with Gasteiger partial charge >= 0.3 is 0 Å². The van der Waals surface area contributed by atoms with Crippen molar-refractivity contribution in [3.63, 3.8) is 0 Å². The molecule has 0 radical (unpaired) electrons. The third kappa shape index (κ3) is 3.07. The largest absolute Gasteiger partial charge is 0.396 e. The van der Waals surface area contributed by atoms with Gasteiger partial charge in [0.25, 0.3) is 5.91 Å². The predicted molar refractivity (Wildman–Crippen MR) is 72.7 cm³/mol. The maximum atomic E-state index is 12.4. The summed E-state index contributed by atoms with van der Waals surface area (Å²) in [5, 5.41) is 14.2. The molecule has 2 heterocycles. The summed E-state index contributed by atoms with van der Waals surface area (Å²) in [6, 6.07) is 0. The van der Waals surface area contributed by atoms with Crippen LogP contribution in [0.3, 0.4) is 0 Å². The van der Waals surface area contributed by atoms with E-state index in [-0.39, 0.29) is 5.91 Å². The molecule has 106 valence electrons. The van der Waals surface area contributed by atoms with Gasteiger partial charge in [-0.3, -0.25) is 9.48 Å². The summed E-state index contributed by atoms with van der Waals surface area (Å²) in [6.45, 7) is 5.65. The molecule has 19 heavy (non-hydrogen) atoms. The fourth-order valence-electron chi connectivity index (χ4n) is 2.38. The van der Waals surface area contributed by atoms with Gasteiger partial charge in [-0.2, -0.15) is 5.10 Å². The van der Waals surface area contributed by atoms with Gasteiger partial charge in [0.15, 0.2) is 5.69 Å². The minimum Gasteiger partial charge on any atom is -0.396 e. The van der Waals surface area contributed by atoms with Crippen molar-refractivity contribution in [2.45, 2.75) is 45.3 Å². The smallest absolute Gasteiger partial charge is 0.276 e. The Kier molecular flexibility index (Phi) is 3.80. The van der Waals surface area contributed by atoms with Crippen LogP contribution in [-0.2, 0) is 6.54 Å².